The molecule has 4 nitrogen and oxygen atoms in total. The molecule has 0 aliphatic rings. The molecular weight excluding hydrogens is 140 g/mol. The molecule has 0 fully saturated rings. The normalized spacial score (nSPS) is 10.3. The highest BCUT2D eigenvalue weighted by Gasteiger charge is 2.02. The Kier molecular flexibility index (Phi) is 1.25. The van der Waals surface area contributed by atoms with Crippen molar-refractivity contribution in [2.75, 3.05) is 0 Å². The molecule has 0 aliphatic carbocycles. The lowest BCUT2D eigenvalue weighted by Gasteiger charge is -1.90. The smallest absolute Gasteiger partial charge is 0.0710 e. The number of hydrogen-bond donors (Lipinski definition) is 2. The number of H-pyrrole nitrogens is 2. The van der Waals surface area contributed by atoms with Crippen molar-refractivity contribution >= 4 is 0 Å². The Labute approximate surface area is 63.6 Å². The molecule has 0 saturated carbocycles. The van der Waals surface area contributed by atoms with E-state index in [4.69, 9.17) is 0 Å². The predicted molar refractivity (Wildman–Crippen MR) is 40.9 cm³/mol. The van der Waals surface area contributed by atoms with E-state index in [0.717, 1.165) is 16.8 Å². The predicted octanol–water partition coefficient (Wildman–Crippen LogP) is 1.11. The van der Waals surface area contributed by atoms with Gasteiger partial charge >= 0.3 is 0 Å². The molecule has 0 spiro atoms. The van der Waals surface area contributed by atoms with Gasteiger partial charge in [-0.2, -0.15) is 10.2 Å². The number of hydrogen-bond acceptors (Lipinski definition) is 2. The monoisotopic (exact) mass is 148 g/mol. The molecule has 0 aromatic carbocycles. The molecule has 56 valence electrons. The molecule has 0 saturated heterocycles. The van der Waals surface area contributed by atoms with Crippen LogP contribution in [0.25, 0.3) is 11.3 Å². The molecule has 2 aromatic heterocycles. The van der Waals surface area contributed by atoms with Crippen LogP contribution in [-0.2, 0) is 0 Å². The first kappa shape index (κ1) is 6.15. The van der Waals surface area contributed by atoms with E-state index in [9.17, 15) is 0 Å². The third kappa shape index (κ3) is 0.920. The average molecular weight is 148 g/mol. The molecule has 2 aromatic rings. The van der Waals surface area contributed by atoms with E-state index in [1.165, 1.54) is 0 Å². The molecule has 0 aliphatic heterocycles. The summed E-state index contributed by atoms with van der Waals surface area (Å²) in [7, 11) is 0. The zero-order valence-corrected chi connectivity index (χ0v) is 6.13. The van der Waals surface area contributed by atoms with Crippen LogP contribution < -0.4 is 0 Å². The quantitative estimate of drug-likeness (QED) is 0.636. The van der Waals surface area contributed by atoms with Crippen molar-refractivity contribution in [3.63, 3.8) is 0 Å². The van der Waals surface area contributed by atoms with Gasteiger partial charge in [-0.1, -0.05) is 0 Å². The molecule has 0 atom stereocenters. The van der Waals surface area contributed by atoms with E-state index in [0.29, 0.717) is 0 Å². The SMILES string of the molecule is Cc1cn[nH]c1-c1cn[nH]c1. The summed E-state index contributed by atoms with van der Waals surface area (Å²) < 4.78 is 0. The first-order valence-electron chi connectivity index (χ1n) is 3.37. The van der Waals surface area contributed by atoms with Gasteiger partial charge in [0.2, 0.25) is 0 Å². The summed E-state index contributed by atoms with van der Waals surface area (Å²) >= 11 is 0. The zero-order chi connectivity index (χ0) is 7.68. The van der Waals surface area contributed by atoms with E-state index in [2.05, 4.69) is 20.4 Å². The van der Waals surface area contributed by atoms with Gasteiger partial charge in [-0.15, -0.1) is 0 Å². The van der Waals surface area contributed by atoms with Crippen LogP contribution in [0.3, 0.4) is 0 Å². The fourth-order valence-corrected chi connectivity index (χ4v) is 1.03. The largest absolute Gasteiger partial charge is 0.285 e. The second-order valence-corrected chi connectivity index (χ2v) is 2.41. The van der Waals surface area contributed by atoms with Gasteiger partial charge in [0.1, 0.15) is 0 Å². The Morgan fingerprint density at radius 1 is 1.27 bits per heavy atom. The summed E-state index contributed by atoms with van der Waals surface area (Å²) in [6, 6.07) is 0. The highest BCUT2D eigenvalue weighted by molar-refractivity contribution is 5.59. The lowest BCUT2D eigenvalue weighted by atomic mass is 10.2. The highest BCUT2D eigenvalue weighted by atomic mass is 15.1. The molecule has 0 radical (unpaired) electrons. The molecule has 4 heteroatoms. The van der Waals surface area contributed by atoms with E-state index in [1.807, 2.05) is 13.1 Å². The van der Waals surface area contributed by atoms with Gasteiger partial charge in [0.25, 0.3) is 0 Å². The third-order valence-corrected chi connectivity index (χ3v) is 1.62. The Hall–Kier alpha value is -1.58. The first-order valence-corrected chi connectivity index (χ1v) is 3.37. The molecule has 11 heavy (non-hydrogen) atoms. The molecule has 0 bridgehead atoms. The maximum absolute atomic E-state index is 3.91. The van der Waals surface area contributed by atoms with E-state index in [1.54, 1.807) is 12.4 Å². The first-order chi connectivity index (χ1) is 5.38. The second kappa shape index (κ2) is 2.23. The van der Waals surface area contributed by atoms with Gasteiger partial charge in [-0.05, 0) is 12.5 Å². The summed E-state index contributed by atoms with van der Waals surface area (Å²) in [4.78, 5) is 0. The number of nitrogens with zero attached hydrogens (tertiary/aromatic N) is 2. The standard InChI is InChI=1S/C7H8N4/c1-5-2-10-11-7(5)6-3-8-9-4-6/h2-4H,1H3,(H,8,9)(H,10,11). The van der Waals surface area contributed by atoms with Gasteiger partial charge in [-0.25, -0.2) is 0 Å². The van der Waals surface area contributed by atoms with Crippen molar-refractivity contribution in [3.8, 4) is 11.3 Å². The maximum Gasteiger partial charge on any atom is 0.0710 e. The summed E-state index contributed by atoms with van der Waals surface area (Å²) in [5, 5.41) is 13.4. The number of nitrogens with one attached hydrogen (secondary N) is 2. The summed E-state index contributed by atoms with van der Waals surface area (Å²) in [5.74, 6) is 0. The number of aromatic amines is 2. The maximum atomic E-state index is 3.91. The number of rotatable bonds is 1. The topological polar surface area (TPSA) is 57.4 Å². The van der Waals surface area contributed by atoms with Crippen molar-refractivity contribution in [2.24, 2.45) is 0 Å². The highest BCUT2D eigenvalue weighted by Crippen LogP contribution is 2.17. The summed E-state index contributed by atoms with van der Waals surface area (Å²) in [6.07, 6.45) is 5.39. The molecule has 2 heterocycles. The minimum Gasteiger partial charge on any atom is -0.285 e. The molecular formula is C7H8N4. The fraction of sp³-hybridized carbons (Fsp3) is 0.143. The van der Waals surface area contributed by atoms with Crippen LogP contribution in [0.4, 0.5) is 0 Å². The Bertz CT molecular complexity index is 333. The third-order valence-electron chi connectivity index (χ3n) is 1.62. The second-order valence-electron chi connectivity index (χ2n) is 2.41. The van der Waals surface area contributed by atoms with Crippen molar-refractivity contribution in [2.45, 2.75) is 6.92 Å². The minimum atomic E-state index is 1.03. The van der Waals surface area contributed by atoms with E-state index < -0.39 is 0 Å². The van der Waals surface area contributed by atoms with Crippen LogP contribution in [0.5, 0.6) is 0 Å². The van der Waals surface area contributed by atoms with Gasteiger partial charge in [0, 0.05) is 11.8 Å². The summed E-state index contributed by atoms with van der Waals surface area (Å²) in [6.45, 7) is 2.01. The van der Waals surface area contributed by atoms with Crippen molar-refractivity contribution in [3.05, 3.63) is 24.2 Å². The Morgan fingerprint density at radius 2 is 2.18 bits per heavy atom. The molecule has 0 amide bonds. The molecule has 2 rings (SSSR count). The Morgan fingerprint density at radius 3 is 2.73 bits per heavy atom. The zero-order valence-electron chi connectivity index (χ0n) is 6.13. The fourth-order valence-electron chi connectivity index (χ4n) is 1.03. The number of aryl methyl sites for hydroxylation is 1. The van der Waals surface area contributed by atoms with Crippen LogP contribution in [0, 0.1) is 6.92 Å². The molecule has 0 unspecified atom stereocenters. The van der Waals surface area contributed by atoms with Gasteiger partial charge in [0.05, 0.1) is 18.1 Å². The van der Waals surface area contributed by atoms with E-state index >= 15 is 0 Å². The molecule has 2 N–H and O–H groups in total. The van der Waals surface area contributed by atoms with E-state index in [-0.39, 0.29) is 0 Å². The van der Waals surface area contributed by atoms with Gasteiger partial charge in [-0.3, -0.25) is 10.2 Å². The van der Waals surface area contributed by atoms with Crippen molar-refractivity contribution in [1.82, 2.24) is 20.4 Å². The van der Waals surface area contributed by atoms with Crippen molar-refractivity contribution < 1.29 is 0 Å². The van der Waals surface area contributed by atoms with Crippen molar-refractivity contribution in [1.29, 1.82) is 0 Å². The van der Waals surface area contributed by atoms with Crippen LogP contribution in [0.2, 0.25) is 0 Å². The van der Waals surface area contributed by atoms with Crippen LogP contribution in [0.15, 0.2) is 18.6 Å². The minimum absolute atomic E-state index is 1.03. The lowest BCUT2D eigenvalue weighted by molar-refractivity contribution is 1.09. The Balaban J connectivity index is 2.53. The van der Waals surface area contributed by atoms with Crippen LogP contribution in [0.1, 0.15) is 5.56 Å². The summed E-state index contributed by atoms with van der Waals surface area (Å²) in [5.41, 5.74) is 3.20. The van der Waals surface area contributed by atoms with Crippen LogP contribution in [-0.4, -0.2) is 20.4 Å². The lowest BCUT2D eigenvalue weighted by Crippen LogP contribution is -1.76. The average Bonchev–Trinajstić information content (AvgIpc) is 2.55. The van der Waals surface area contributed by atoms with Gasteiger partial charge in [0.15, 0.2) is 0 Å². The number of aromatic nitrogens is 4. The van der Waals surface area contributed by atoms with Crippen LogP contribution >= 0.6 is 0 Å². The van der Waals surface area contributed by atoms with Gasteiger partial charge < -0.3 is 0 Å².